The molecule has 4 nitrogen and oxygen atoms in total. The highest BCUT2D eigenvalue weighted by Gasteiger charge is 2.19. The molecule has 3 rings (SSSR count). The van der Waals surface area contributed by atoms with Crippen LogP contribution in [0.3, 0.4) is 0 Å². The van der Waals surface area contributed by atoms with E-state index in [1.165, 1.54) is 5.56 Å². The Kier molecular flexibility index (Phi) is 5.01. The molecular weight excluding hydrogens is 320 g/mol. The minimum absolute atomic E-state index is 0.409. The summed E-state index contributed by atoms with van der Waals surface area (Å²) in [5, 5.41) is 4.08. The van der Waals surface area contributed by atoms with Crippen LogP contribution in [0.4, 0.5) is 0 Å². The van der Waals surface area contributed by atoms with Crippen molar-refractivity contribution >= 4 is 17.5 Å². The van der Waals surface area contributed by atoms with E-state index in [0.29, 0.717) is 28.7 Å². The van der Waals surface area contributed by atoms with Gasteiger partial charge in [-0.3, -0.25) is 0 Å². The van der Waals surface area contributed by atoms with Crippen molar-refractivity contribution in [3.63, 3.8) is 0 Å². The standard InChI is InChI=1S/C19H18N2O2S/c1-13(2)15-8-10-16(11-9-15)23-19(22)18-17(20-21-24-18)12-14-6-4-3-5-7-14/h3-11,13H,12H2,1-2H3. The Hall–Kier alpha value is -2.53. The number of benzene rings is 2. The van der Waals surface area contributed by atoms with Crippen molar-refractivity contribution < 1.29 is 9.53 Å². The van der Waals surface area contributed by atoms with Crippen molar-refractivity contribution in [3.8, 4) is 5.75 Å². The molecule has 0 amide bonds. The van der Waals surface area contributed by atoms with E-state index in [9.17, 15) is 4.79 Å². The van der Waals surface area contributed by atoms with E-state index in [4.69, 9.17) is 4.74 Å². The van der Waals surface area contributed by atoms with E-state index in [1.807, 2.05) is 54.6 Å². The van der Waals surface area contributed by atoms with Crippen molar-refractivity contribution in [2.75, 3.05) is 0 Å². The van der Waals surface area contributed by atoms with E-state index < -0.39 is 5.97 Å². The molecule has 0 radical (unpaired) electrons. The van der Waals surface area contributed by atoms with Crippen molar-refractivity contribution in [1.29, 1.82) is 0 Å². The lowest BCUT2D eigenvalue weighted by Gasteiger charge is -2.07. The number of rotatable bonds is 5. The highest BCUT2D eigenvalue weighted by Crippen LogP contribution is 2.21. The van der Waals surface area contributed by atoms with E-state index in [-0.39, 0.29) is 0 Å². The summed E-state index contributed by atoms with van der Waals surface area (Å²) >= 11 is 1.07. The Morgan fingerprint density at radius 3 is 2.46 bits per heavy atom. The summed E-state index contributed by atoms with van der Waals surface area (Å²) in [5.74, 6) is 0.564. The number of esters is 1. The van der Waals surface area contributed by atoms with Gasteiger partial charge in [-0.1, -0.05) is 60.8 Å². The summed E-state index contributed by atoms with van der Waals surface area (Å²) in [4.78, 5) is 12.9. The molecule has 24 heavy (non-hydrogen) atoms. The van der Waals surface area contributed by atoms with E-state index in [1.54, 1.807) is 0 Å². The predicted molar refractivity (Wildman–Crippen MR) is 94.6 cm³/mol. The van der Waals surface area contributed by atoms with Gasteiger partial charge >= 0.3 is 5.97 Å². The maximum absolute atomic E-state index is 12.4. The van der Waals surface area contributed by atoms with Gasteiger partial charge in [0.25, 0.3) is 0 Å². The lowest BCUT2D eigenvalue weighted by Crippen LogP contribution is -2.09. The Labute approximate surface area is 145 Å². The van der Waals surface area contributed by atoms with Crippen LogP contribution < -0.4 is 4.74 Å². The van der Waals surface area contributed by atoms with Gasteiger partial charge in [0, 0.05) is 6.42 Å². The Balaban J connectivity index is 1.73. The first-order valence-electron chi connectivity index (χ1n) is 7.81. The van der Waals surface area contributed by atoms with Crippen molar-refractivity contribution in [1.82, 2.24) is 9.59 Å². The average molecular weight is 338 g/mol. The monoisotopic (exact) mass is 338 g/mol. The number of ether oxygens (including phenoxy) is 1. The molecule has 0 unspecified atom stereocenters. The topological polar surface area (TPSA) is 52.1 Å². The quantitative estimate of drug-likeness (QED) is 0.509. The zero-order chi connectivity index (χ0) is 16.9. The molecule has 0 aliphatic carbocycles. The molecule has 0 saturated carbocycles. The van der Waals surface area contributed by atoms with Gasteiger partial charge in [0.2, 0.25) is 0 Å². The van der Waals surface area contributed by atoms with E-state index in [0.717, 1.165) is 17.1 Å². The SMILES string of the molecule is CC(C)c1ccc(OC(=O)c2snnc2Cc2ccccc2)cc1. The zero-order valence-corrected chi connectivity index (χ0v) is 14.4. The molecule has 0 saturated heterocycles. The summed E-state index contributed by atoms with van der Waals surface area (Å²) < 4.78 is 9.37. The fourth-order valence-electron chi connectivity index (χ4n) is 2.34. The van der Waals surface area contributed by atoms with Crippen LogP contribution in [0.5, 0.6) is 5.75 Å². The molecule has 0 aliphatic heterocycles. The minimum Gasteiger partial charge on any atom is -0.422 e. The highest BCUT2D eigenvalue weighted by atomic mass is 32.1. The smallest absolute Gasteiger partial charge is 0.357 e. The average Bonchev–Trinajstić information content (AvgIpc) is 3.04. The number of hydrogen-bond acceptors (Lipinski definition) is 5. The van der Waals surface area contributed by atoms with Gasteiger partial charge in [-0.2, -0.15) is 0 Å². The van der Waals surface area contributed by atoms with Crippen LogP contribution in [-0.4, -0.2) is 15.6 Å². The molecule has 0 atom stereocenters. The maximum Gasteiger partial charge on any atom is 0.357 e. The van der Waals surface area contributed by atoms with Gasteiger partial charge < -0.3 is 4.74 Å². The first-order chi connectivity index (χ1) is 11.6. The first-order valence-corrected chi connectivity index (χ1v) is 8.58. The van der Waals surface area contributed by atoms with Gasteiger partial charge in [0.05, 0.1) is 5.69 Å². The van der Waals surface area contributed by atoms with Crippen molar-refractivity contribution in [2.24, 2.45) is 0 Å². The van der Waals surface area contributed by atoms with Crippen molar-refractivity contribution in [2.45, 2.75) is 26.2 Å². The number of hydrogen-bond donors (Lipinski definition) is 0. The number of carbonyl (C=O) groups is 1. The van der Waals surface area contributed by atoms with Crippen LogP contribution in [0.2, 0.25) is 0 Å². The second-order valence-corrected chi connectivity index (χ2v) is 6.58. The lowest BCUT2D eigenvalue weighted by molar-refractivity contribution is 0.0738. The van der Waals surface area contributed by atoms with Gasteiger partial charge in [-0.05, 0) is 40.7 Å². The summed E-state index contributed by atoms with van der Waals surface area (Å²) in [5.41, 5.74) is 2.94. The van der Waals surface area contributed by atoms with Crippen LogP contribution in [0, 0.1) is 0 Å². The van der Waals surface area contributed by atoms with Crippen LogP contribution >= 0.6 is 11.5 Å². The van der Waals surface area contributed by atoms with Crippen molar-refractivity contribution in [3.05, 3.63) is 76.3 Å². The first kappa shape index (κ1) is 16.3. The molecular formula is C19H18N2O2S. The molecule has 1 aromatic heterocycles. The fourth-order valence-corrected chi connectivity index (χ4v) is 2.90. The van der Waals surface area contributed by atoms with Crippen LogP contribution in [0.25, 0.3) is 0 Å². The Morgan fingerprint density at radius 2 is 1.79 bits per heavy atom. The van der Waals surface area contributed by atoms with Crippen LogP contribution in [0.1, 0.15) is 46.3 Å². The second kappa shape index (κ2) is 7.36. The number of nitrogens with zero attached hydrogens (tertiary/aromatic N) is 2. The molecule has 122 valence electrons. The number of aromatic nitrogens is 2. The third-order valence-electron chi connectivity index (χ3n) is 3.71. The summed E-state index contributed by atoms with van der Waals surface area (Å²) in [6, 6.07) is 17.5. The third-order valence-corrected chi connectivity index (χ3v) is 4.46. The molecule has 1 heterocycles. The number of carbonyl (C=O) groups excluding carboxylic acids is 1. The van der Waals surface area contributed by atoms with E-state index >= 15 is 0 Å². The normalized spacial score (nSPS) is 10.8. The highest BCUT2D eigenvalue weighted by molar-refractivity contribution is 7.07. The molecule has 0 spiro atoms. The minimum atomic E-state index is -0.409. The third kappa shape index (κ3) is 3.86. The van der Waals surface area contributed by atoms with Gasteiger partial charge in [-0.25, -0.2) is 4.79 Å². The molecule has 2 aromatic carbocycles. The van der Waals surface area contributed by atoms with Gasteiger partial charge in [-0.15, -0.1) is 5.10 Å². The molecule has 0 aliphatic rings. The maximum atomic E-state index is 12.4. The molecule has 0 N–H and O–H groups in total. The lowest BCUT2D eigenvalue weighted by atomic mass is 10.0. The molecule has 3 aromatic rings. The molecule has 5 heteroatoms. The molecule has 0 fully saturated rings. The predicted octanol–water partition coefficient (Wildman–Crippen LogP) is 4.47. The Morgan fingerprint density at radius 1 is 1.08 bits per heavy atom. The molecule has 0 bridgehead atoms. The zero-order valence-electron chi connectivity index (χ0n) is 13.6. The fraction of sp³-hybridized carbons (Fsp3) is 0.211. The summed E-state index contributed by atoms with van der Waals surface area (Å²) in [7, 11) is 0. The summed E-state index contributed by atoms with van der Waals surface area (Å²) in [6.07, 6.45) is 0.564. The van der Waals surface area contributed by atoms with Gasteiger partial charge in [0.1, 0.15) is 5.75 Å². The Bertz CT molecular complexity index is 811. The second-order valence-electron chi connectivity index (χ2n) is 5.82. The van der Waals surface area contributed by atoms with E-state index in [2.05, 4.69) is 23.4 Å². The summed E-state index contributed by atoms with van der Waals surface area (Å²) in [6.45, 7) is 4.25. The largest absolute Gasteiger partial charge is 0.422 e. The van der Waals surface area contributed by atoms with Gasteiger partial charge in [0.15, 0.2) is 4.88 Å². The van der Waals surface area contributed by atoms with Crippen LogP contribution in [-0.2, 0) is 6.42 Å². The van der Waals surface area contributed by atoms with Crippen LogP contribution in [0.15, 0.2) is 54.6 Å².